The van der Waals surface area contributed by atoms with Crippen molar-refractivity contribution in [3.8, 4) is 34.1 Å². The van der Waals surface area contributed by atoms with Gasteiger partial charge in [0.15, 0.2) is 0 Å². The third-order valence-electron chi connectivity index (χ3n) is 3.59. The van der Waals surface area contributed by atoms with Crippen LogP contribution in [-0.2, 0) is 0 Å². The van der Waals surface area contributed by atoms with Crippen molar-refractivity contribution in [3.63, 3.8) is 0 Å². The number of nitriles is 1. The van der Waals surface area contributed by atoms with Crippen LogP contribution in [0.3, 0.4) is 0 Å². The van der Waals surface area contributed by atoms with Crippen LogP contribution in [0.2, 0.25) is 0 Å². The molecule has 0 aromatic heterocycles. The lowest BCUT2D eigenvalue weighted by Gasteiger charge is -2.15. The molecular formula is C20H15NO. The molecular weight excluding hydrogens is 270 g/mol. The molecule has 0 unspecified atom stereocenters. The topological polar surface area (TPSA) is 33.0 Å². The average Bonchev–Trinajstić information content (AvgIpc) is 2.62. The van der Waals surface area contributed by atoms with E-state index in [0.29, 0.717) is 5.56 Å². The summed E-state index contributed by atoms with van der Waals surface area (Å²) in [7, 11) is 1.67. The molecule has 0 saturated heterocycles. The fraction of sp³-hybridized carbons (Fsp3) is 0.0500. The molecule has 0 aliphatic rings. The van der Waals surface area contributed by atoms with E-state index in [2.05, 4.69) is 6.07 Å². The zero-order valence-electron chi connectivity index (χ0n) is 12.3. The summed E-state index contributed by atoms with van der Waals surface area (Å²) in [5.74, 6) is 0.788. The van der Waals surface area contributed by atoms with Crippen LogP contribution in [-0.4, -0.2) is 7.11 Å². The summed E-state index contributed by atoms with van der Waals surface area (Å²) in [6.07, 6.45) is 0. The number of hydrogen-bond donors (Lipinski definition) is 0. The van der Waals surface area contributed by atoms with Crippen molar-refractivity contribution in [2.75, 3.05) is 7.11 Å². The van der Waals surface area contributed by atoms with E-state index in [-0.39, 0.29) is 0 Å². The highest BCUT2D eigenvalue weighted by Crippen LogP contribution is 2.39. The predicted molar refractivity (Wildman–Crippen MR) is 88.6 cm³/mol. The summed E-state index contributed by atoms with van der Waals surface area (Å²) < 4.78 is 5.68. The van der Waals surface area contributed by atoms with Crippen LogP contribution in [0.25, 0.3) is 22.3 Å². The normalized spacial score (nSPS) is 10.0. The van der Waals surface area contributed by atoms with E-state index in [1.165, 1.54) is 0 Å². The molecule has 0 amide bonds. The number of methoxy groups -OCH3 is 1. The maximum atomic E-state index is 9.35. The zero-order valence-corrected chi connectivity index (χ0v) is 12.3. The van der Waals surface area contributed by atoms with Crippen LogP contribution in [0.4, 0.5) is 0 Å². The largest absolute Gasteiger partial charge is 0.495 e. The summed E-state index contributed by atoms with van der Waals surface area (Å²) in [6.45, 7) is 0. The van der Waals surface area contributed by atoms with Crippen LogP contribution < -0.4 is 4.74 Å². The molecule has 0 fully saturated rings. The first-order valence-electron chi connectivity index (χ1n) is 7.06. The van der Waals surface area contributed by atoms with Gasteiger partial charge in [-0.05, 0) is 23.3 Å². The zero-order chi connectivity index (χ0) is 15.4. The van der Waals surface area contributed by atoms with Gasteiger partial charge in [0.05, 0.1) is 18.7 Å². The maximum absolute atomic E-state index is 9.35. The van der Waals surface area contributed by atoms with E-state index in [1.807, 2.05) is 72.8 Å². The Labute approximate surface area is 130 Å². The van der Waals surface area contributed by atoms with E-state index >= 15 is 0 Å². The van der Waals surface area contributed by atoms with Crippen LogP contribution in [0.5, 0.6) is 5.75 Å². The summed E-state index contributed by atoms with van der Waals surface area (Å²) >= 11 is 0. The van der Waals surface area contributed by atoms with Gasteiger partial charge in [-0.3, -0.25) is 0 Å². The lowest BCUT2D eigenvalue weighted by Crippen LogP contribution is -1.94. The monoisotopic (exact) mass is 285 g/mol. The number of hydrogen-bond acceptors (Lipinski definition) is 2. The van der Waals surface area contributed by atoms with Crippen LogP contribution in [0.1, 0.15) is 5.56 Å². The fourth-order valence-electron chi connectivity index (χ4n) is 2.58. The minimum atomic E-state index is 0.624. The van der Waals surface area contributed by atoms with E-state index in [1.54, 1.807) is 7.11 Å². The molecule has 22 heavy (non-hydrogen) atoms. The van der Waals surface area contributed by atoms with Crippen molar-refractivity contribution in [2.45, 2.75) is 0 Å². The lowest BCUT2D eigenvalue weighted by atomic mass is 9.95. The van der Waals surface area contributed by atoms with Crippen LogP contribution in [0, 0.1) is 11.3 Å². The Morgan fingerprint density at radius 3 is 1.59 bits per heavy atom. The molecule has 3 aromatic rings. The van der Waals surface area contributed by atoms with Gasteiger partial charge in [-0.15, -0.1) is 0 Å². The second kappa shape index (κ2) is 6.15. The van der Waals surface area contributed by atoms with Crippen molar-refractivity contribution < 1.29 is 4.74 Å². The summed E-state index contributed by atoms with van der Waals surface area (Å²) in [4.78, 5) is 0. The summed E-state index contributed by atoms with van der Waals surface area (Å²) in [5.41, 5.74) is 4.56. The Bertz CT molecular complexity index is 757. The molecule has 2 heteroatoms. The third-order valence-corrected chi connectivity index (χ3v) is 3.59. The van der Waals surface area contributed by atoms with Crippen molar-refractivity contribution in [1.82, 2.24) is 0 Å². The highest BCUT2D eigenvalue weighted by atomic mass is 16.5. The second-order valence-electron chi connectivity index (χ2n) is 4.95. The standard InChI is InChI=1S/C20H15NO/c1-22-20-18(16-8-4-2-5-9-16)12-15(14-21)13-19(20)17-10-6-3-7-11-17/h2-13H,1H3. The van der Waals surface area contributed by atoms with Crippen molar-refractivity contribution in [1.29, 1.82) is 5.26 Å². The molecule has 0 N–H and O–H groups in total. The van der Waals surface area contributed by atoms with E-state index in [9.17, 15) is 5.26 Å². The minimum Gasteiger partial charge on any atom is -0.495 e. The van der Waals surface area contributed by atoms with Crippen molar-refractivity contribution in [2.24, 2.45) is 0 Å². The number of benzene rings is 3. The lowest BCUT2D eigenvalue weighted by molar-refractivity contribution is 0.418. The predicted octanol–water partition coefficient (Wildman–Crippen LogP) is 4.90. The quantitative estimate of drug-likeness (QED) is 0.685. The molecule has 0 spiro atoms. The first kappa shape index (κ1) is 13.9. The molecule has 0 heterocycles. The molecule has 0 atom stereocenters. The Morgan fingerprint density at radius 2 is 1.23 bits per heavy atom. The Kier molecular flexibility index (Phi) is 3.89. The number of rotatable bonds is 3. The van der Waals surface area contributed by atoms with Gasteiger partial charge in [-0.2, -0.15) is 5.26 Å². The van der Waals surface area contributed by atoms with Gasteiger partial charge in [0.1, 0.15) is 5.75 Å². The molecule has 3 aromatic carbocycles. The van der Waals surface area contributed by atoms with Gasteiger partial charge < -0.3 is 4.74 Å². The first-order chi connectivity index (χ1) is 10.8. The molecule has 106 valence electrons. The fourth-order valence-corrected chi connectivity index (χ4v) is 2.58. The smallest absolute Gasteiger partial charge is 0.134 e. The molecule has 0 saturated carbocycles. The van der Waals surface area contributed by atoms with Gasteiger partial charge >= 0.3 is 0 Å². The van der Waals surface area contributed by atoms with Gasteiger partial charge in [-0.1, -0.05) is 60.7 Å². The van der Waals surface area contributed by atoms with Crippen LogP contribution in [0.15, 0.2) is 72.8 Å². The highest BCUT2D eigenvalue weighted by molar-refractivity contribution is 5.84. The first-order valence-corrected chi connectivity index (χ1v) is 7.06. The van der Waals surface area contributed by atoms with Gasteiger partial charge in [0.25, 0.3) is 0 Å². The molecule has 3 rings (SSSR count). The average molecular weight is 285 g/mol. The molecule has 0 aliphatic heterocycles. The number of nitrogens with zero attached hydrogens (tertiary/aromatic N) is 1. The highest BCUT2D eigenvalue weighted by Gasteiger charge is 2.14. The van der Waals surface area contributed by atoms with Crippen molar-refractivity contribution >= 4 is 0 Å². The van der Waals surface area contributed by atoms with Crippen molar-refractivity contribution in [3.05, 3.63) is 78.4 Å². The van der Waals surface area contributed by atoms with E-state index in [4.69, 9.17) is 4.74 Å². The van der Waals surface area contributed by atoms with E-state index < -0.39 is 0 Å². The summed E-state index contributed by atoms with van der Waals surface area (Å²) in [5, 5.41) is 9.35. The van der Waals surface area contributed by atoms with Crippen LogP contribution >= 0.6 is 0 Å². The molecule has 0 bridgehead atoms. The van der Waals surface area contributed by atoms with Gasteiger partial charge in [-0.25, -0.2) is 0 Å². The Morgan fingerprint density at radius 1 is 0.773 bits per heavy atom. The van der Waals surface area contributed by atoms with Gasteiger partial charge in [0, 0.05) is 11.1 Å². The maximum Gasteiger partial charge on any atom is 0.134 e. The Hall–Kier alpha value is -3.05. The third kappa shape index (κ3) is 2.57. The second-order valence-corrected chi connectivity index (χ2v) is 4.95. The Balaban J connectivity index is 2.29. The molecule has 0 aliphatic carbocycles. The minimum absolute atomic E-state index is 0.624. The molecule has 2 nitrogen and oxygen atoms in total. The van der Waals surface area contributed by atoms with Gasteiger partial charge in [0.2, 0.25) is 0 Å². The summed E-state index contributed by atoms with van der Waals surface area (Å²) in [6, 6.07) is 26.0. The van der Waals surface area contributed by atoms with E-state index in [0.717, 1.165) is 28.0 Å². The molecule has 0 radical (unpaired) electrons. The number of ether oxygens (including phenoxy) is 1. The SMILES string of the molecule is COc1c(-c2ccccc2)cc(C#N)cc1-c1ccccc1.